The topological polar surface area (TPSA) is 128 Å². The molecule has 0 aromatic carbocycles. The molecule has 6 rings (SSSR count). The molecule has 3 aliphatic heterocycles. The number of nitrogens with zero attached hydrogens (tertiary/aromatic N) is 6. The maximum Gasteiger partial charge on any atom is 0.410 e. The molecule has 2 aliphatic carbocycles. The molecule has 5 aliphatic rings. The number of aromatic nitrogens is 2. The predicted octanol–water partition coefficient (Wildman–Crippen LogP) is 3.11. The van der Waals surface area contributed by atoms with Crippen LogP contribution in [0.25, 0.3) is 0 Å². The summed E-state index contributed by atoms with van der Waals surface area (Å²) in [7, 11) is -3.65. The average Bonchev–Trinajstić information content (AvgIpc) is 3.64. The van der Waals surface area contributed by atoms with Crippen molar-refractivity contribution in [2.75, 3.05) is 49.5 Å². The van der Waals surface area contributed by atoms with Crippen LogP contribution in [0.3, 0.4) is 0 Å². The van der Waals surface area contributed by atoms with Crippen molar-refractivity contribution >= 4 is 34.0 Å². The molecule has 0 radical (unpaired) electrons. The van der Waals surface area contributed by atoms with Crippen molar-refractivity contribution in [2.45, 2.75) is 102 Å². The SMILES string of the molecule is CC1CCCC1N1C(=O)C2(CC2)c2cnc(NC3CCN(S(=O)(=O)N4CCCN(C(=O)OC(C)(C)C)CC4)CC3)nc21. The number of piperidine rings is 1. The third-order valence-corrected chi connectivity index (χ3v) is 11.6. The third kappa shape index (κ3) is 5.47. The maximum atomic E-state index is 13.5. The highest BCUT2D eigenvalue weighted by Crippen LogP contribution is 2.58. The number of hydrogen-bond acceptors (Lipinski definition) is 8. The molecule has 2 unspecified atom stereocenters. The Kier molecular flexibility index (Phi) is 7.66. The number of amides is 2. The fraction of sp³-hybridized carbons (Fsp3) is 0.793. The largest absolute Gasteiger partial charge is 0.444 e. The molecule has 2 atom stereocenters. The first-order valence-electron chi connectivity index (χ1n) is 15.6. The van der Waals surface area contributed by atoms with Crippen LogP contribution in [0.4, 0.5) is 16.6 Å². The van der Waals surface area contributed by atoms with E-state index in [0.717, 1.165) is 43.5 Å². The van der Waals surface area contributed by atoms with Gasteiger partial charge in [0.25, 0.3) is 10.2 Å². The van der Waals surface area contributed by atoms with Gasteiger partial charge in [0.1, 0.15) is 11.4 Å². The van der Waals surface area contributed by atoms with E-state index in [1.54, 1.807) is 9.21 Å². The molecule has 2 saturated carbocycles. The Morgan fingerprint density at radius 3 is 2.36 bits per heavy atom. The van der Waals surface area contributed by atoms with Gasteiger partial charge in [-0.15, -0.1) is 0 Å². The van der Waals surface area contributed by atoms with Crippen LogP contribution in [0.5, 0.6) is 0 Å². The van der Waals surface area contributed by atoms with E-state index in [1.807, 2.05) is 31.9 Å². The fourth-order valence-electron chi connectivity index (χ4n) is 7.04. The minimum atomic E-state index is -3.65. The molecule has 1 aromatic heterocycles. The molecule has 42 heavy (non-hydrogen) atoms. The average molecular weight is 604 g/mol. The van der Waals surface area contributed by atoms with Crippen LogP contribution in [0.2, 0.25) is 0 Å². The molecule has 1 N–H and O–H groups in total. The van der Waals surface area contributed by atoms with Gasteiger partial charge in [0.15, 0.2) is 0 Å². The van der Waals surface area contributed by atoms with Crippen LogP contribution >= 0.6 is 0 Å². The number of rotatable bonds is 5. The van der Waals surface area contributed by atoms with E-state index in [4.69, 9.17) is 9.72 Å². The minimum absolute atomic E-state index is 0.0344. The summed E-state index contributed by atoms with van der Waals surface area (Å²) in [5.74, 6) is 1.93. The number of anilines is 2. The maximum absolute atomic E-state index is 13.5. The summed E-state index contributed by atoms with van der Waals surface area (Å²) in [5, 5.41) is 3.44. The van der Waals surface area contributed by atoms with Crippen molar-refractivity contribution in [3.63, 3.8) is 0 Å². The lowest BCUT2D eigenvalue weighted by molar-refractivity contribution is -0.120. The summed E-state index contributed by atoms with van der Waals surface area (Å²) in [6.45, 7) is 9.89. The smallest absolute Gasteiger partial charge is 0.410 e. The van der Waals surface area contributed by atoms with Crippen molar-refractivity contribution in [2.24, 2.45) is 5.92 Å². The quantitative estimate of drug-likeness (QED) is 0.544. The van der Waals surface area contributed by atoms with Gasteiger partial charge in [0.2, 0.25) is 11.9 Å². The lowest BCUT2D eigenvalue weighted by Crippen LogP contribution is -2.50. The Balaban J connectivity index is 1.07. The van der Waals surface area contributed by atoms with Gasteiger partial charge in [-0.1, -0.05) is 13.3 Å². The predicted molar refractivity (Wildman–Crippen MR) is 158 cm³/mol. The normalized spacial score (nSPS) is 27.3. The molecule has 1 spiro atoms. The molecule has 2 amide bonds. The van der Waals surface area contributed by atoms with E-state index in [0.29, 0.717) is 63.9 Å². The number of carbonyl (C=O) groups excluding carboxylic acids is 2. The van der Waals surface area contributed by atoms with Gasteiger partial charge in [-0.2, -0.15) is 22.0 Å². The van der Waals surface area contributed by atoms with Crippen molar-refractivity contribution in [1.82, 2.24) is 23.5 Å². The first kappa shape index (κ1) is 29.6. The first-order chi connectivity index (χ1) is 19.9. The van der Waals surface area contributed by atoms with Crippen molar-refractivity contribution in [1.29, 1.82) is 0 Å². The lowest BCUT2D eigenvalue weighted by atomic mass is 10.0. The van der Waals surface area contributed by atoms with Crippen molar-refractivity contribution < 1.29 is 22.7 Å². The number of hydrogen-bond donors (Lipinski definition) is 1. The zero-order chi connectivity index (χ0) is 29.9. The Morgan fingerprint density at radius 2 is 1.71 bits per heavy atom. The van der Waals surface area contributed by atoms with Gasteiger partial charge in [-0.3, -0.25) is 9.69 Å². The second-order valence-corrected chi connectivity index (χ2v) is 15.6. The summed E-state index contributed by atoms with van der Waals surface area (Å²) in [6.07, 6.45) is 8.28. The van der Waals surface area contributed by atoms with E-state index in [9.17, 15) is 18.0 Å². The highest BCUT2D eigenvalue weighted by Gasteiger charge is 2.62. The van der Waals surface area contributed by atoms with Gasteiger partial charge in [0.05, 0.1) is 5.41 Å². The molecule has 0 bridgehead atoms. The molecule has 232 valence electrons. The van der Waals surface area contributed by atoms with Crippen molar-refractivity contribution in [3.8, 4) is 0 Å². The van der Waals surface area contributed by atoms with Crippen LogP contribution in [-0.2, 0) is 25.2 Å². The van der Waals surface area contributed by atoms with Crippen LogP contribution < -0.4 is 10.2 Å². The molecule has 4 heterocycles. The Hall–Kier alpha value is -2.51. The summed E-state index contributed by atoms with van der Waals surface area (Å²) in [4.78, 5) is 39.1. The summed E-state index contributed by atoms with van der Waals surface area (Å²) >= 11 is 0. The summed E-state index contributed by atoms with van der Waals surface area (Å²) < 4.78 is 35.6. The lowest BCUT2D eigenvalue weighted by Gasteiger charge is -2.35. The van der Waals surface area contributed by atoms with Gasteiger partial charge in [-0.25, -0.2) is 9.78 Å². The number of ether oxygens (including phenoxy) is 1. The van der Waals surface area contributed by atoms with Crippen LogP contribution in [-0.4, -0.2) is 101 Å². The van der Waals surface area contributed by atoms with E-state index < -0.39 is 27.3 Å². The number of fused-ring (bicyclic) bond motifs is 2. The van der Waals surface area contributed by atoms with E-state index >= 15 is 0 Å². The Labute approximate surface area is 249 Å². The highest BCUT2D eigenvalue weighted by atomic mass is 32.2. The van der Waals surface area contributed by atoms with Crippen molar-refractivity contribution in [3.05, 3.63) is 11.8 Å². The van der Waals surface area contributed by atoms with Gasteiger partial charge in [-0.05, 0) is 71.6 Å². The molecule has 2 saturated heterocycles. The van der Waals surface area contributed by atoms with Gasteiger partial charge in [0, 0.05) is 63.1 Å². The molecule has 4 fully saturated rings. The van der Waals surface area contributed by atoms with Crippen LogP contribution in [0.1, 0.15) is 84.6 Å². The van der Waals surface area contributed by atoms with E-state index in [1.165, 1.54) is 4.31 Å². The standard InChI is InChI=1S/C29H45N7O5S/c1-20-7-5-8-23(20)36-24-22(29(11-12-29)25(36)37)19-30-26(32-24)31-21-9-15-35(16-10-21)42(39,40)34-14-6-13-33(17-18-34)27(38)41-28(2,3)4/h19-21,23H,5-18H2,1-4H3,(H,30,31,32). The van der Waals surface area contributed by atoms with E-state index in [2.05, 4.69) is 17.2 Å². The van der Waals surface area contributed by atoms with Gasteiger partial charge < -0.3 is 15.0 Å². The fourth-order valence-corrected chi connectivity index (χ4v) is 8.71. The zero-order valence-corrected chi connectivity index (χ0v) is 26.2. The second-order valence-electron chi connectivity index (χ2n) is 13.7. The highest BCUT2D eigenvalue weighted by molar-refractivity contribution is 7.86. The minimum Gasteiger partial charge on any atom is -0.444 e. The molecule has 12 nitrogen and oxygen atoms in total. The van der Waals surface area contributed by atoms with E-state index in [-0.39, 0.29) is 24.5 Å². The molecule has 13 heteroatoms. The zero-order valence-electron chi connectivity index (χ0n) is 25.3. The molecular formula is C29H45N7O5S. The summed E-state index contributed by atoms with van der Waals surface area (Å²) in [5.41, 5.74) is -0.0308. The molecule has 1 aromatic rings. The van der Waals surface area contributed by atoms with Crippen LogP contribution in [0, 0.1) is 5.92 Å². The monoisotopic (exact) mass is 603 g/mol. The van der Waals surface area contributed by atoms with Gasteiger partial charge >= 0.3 is 6.09 Å². The summed E-state index contributed by atoms with van der Waals surface area (Å²) in [6, 6.07) is 0.231. The van der Waals surface area contributed by atoms with Crippen LogP contribution in [0.15, 0.2) is 6.20 Å². The first-order valence-corrected chi connectivity index (χ1v) is 17.0. The number of nitrogens with one attached hydrogen (secondary N) is 1. The number of carbonyl (C=O) groups is 2. The Morgan fingerprint density at radius 1 is 1.00 bits per heavy atom. The second kappa shape index (κ2) is 10.9. The molecular weight excluding hydrogens is 558 g/mol. The third-order valence-electron chi connectivity index (χ3n) is 9.58. The Bertz CT molecular complexity index is 1320.